The molecule has 0 radical (unpaired) electrons. The van der Waals surface area contributed by atoms with Gasteiger partial charge in [0.2, 0.25) is 0 Å². The van der Waals surface area contributed by atoms with Crippen LogP contribution in [0, 0.1) is 0 Å². The first-order chi connectivity index (χ1) is 7.58. The second-order valence-corrected chi connectivity index (χ2v) is 4.48. The molecule has 1 nitrogen and oxygen atoms in total. The third-order valence-corrected chi connectivity index (χ3v) is 2.97. The number of nitrogens with one attached hydrogen (secondary N) is 1. The maximum Gasteiger partial charge on any atom is 0.389 e. The van der Waals surface area contributed by atoms with Gasteiger partial charge in [-0.2, -0.15) is 24.5 Å². The van der Waals surface area contributed by atoms with Crippen LogP contribution in [0.4, 0.5) is 13.2 Å². The number of hydrogen-bond acceptors (Lipinski definition) is 2. The summed E-state index contributed by atoms with van der Waals surface area (Å²) in [5, 5.41) is 7.26. The summed E-state index contributed by atoms with van der Waals surface area (Å²) in [6.45, 7) is 1.50. The van der Waals surface area contributed by atoms with E-state index in [9.17, 15) is 13.2 Å². The fourth-order valence-corrected chi connectivity index (χ4v) is 2.07. The lowest BCUT2D eigenvalue weighted by molar-refractivity contribution is -0.135. The Bertz CT molecular complexity index is 269. The van der Waals surface area contributed by atoms with Gasteiger partial charge in [0.1, 0.15) is 0 Å². The third-order valence-electron chi connectivity index (χ3n) is 2.23. The summed E-state index contributed by atoms with van der Waals surface area (Å²) in [4.78, 5) is 0. The van der Waals surface area contributed by atoms with Crippen LogP contribution in [0.2, 0.25) is 0 Å². The average molecular weight is 251 g/mol. The van der Waals surface area contributed by atoms with E-state index in [1.807, 2.05) is 5.38 Å². The lowest BCUT2D eigenvalue weighted by Gasteiger charge is -2.06. The molecule has 0 saturated heterocycles. The number of hydrogen-bond donors (Lipinski definition) is 1. The molecule has 0 atom stereocenters. The highest BCUT2D eigenvalue weighted by Crippen LogP contribution is 2.21. The van der Waals surface area contributed by atoms with E-state index in [1.54, 1.807) is 11.3 Å². The van der Waals surface area contributed by atoms with Gasteiger partial charge >= 0.3 is 6.18 Å². The molecule has 0 saturated carbocycles. The Morgan fingerprint density at radius 3 is 2.62 bits per heavy atom. The Morgan fingerprint density at radius 1 is 1.19 bits per heavy atom. The Balaban J connectivity index is 1.89. The van der Waals surface area contributed by atoms with Crippen molar-refractivity contribution in [3.05, 3.63) is 22.4 Å². The maximum atomic E-state index is 11.8. The van der Waals surface area contributed by atoms with Gasteiger partial charge in [-0.1, -0.05) is 0 Å². The molecule has 16 heavy (non-hydrogen) atoms. The molecule has 0 aromatic carbocycles. The molecular weight excluding hydrogens is 235 g/mol. The quantitative estimate of drug-likeness (QED) is 0.730. The molecular formula is C11H16F3NS. The Labute approximate surface area is 97.7 Å². The van der Waals surface area contributed by atoms with Crippen molar-refractivity contribution in [2.75, 3.05) is 13.1 Å². The van der Waals surface area contributed by atoms with Crippen molar-refractivity contribution in [3.8, 4) is 0 Å². The zero-order valence-electron chi connectivity index (χ0n) is 9.02. The van der Waals surface area contributed by atoms with Crippen molar-refractivity contribution in [1.29, 1.82) is 0 Å². The second-order valence-electron chi connectivity index (χ2n) is 3.70. The highest BCUT2D eigenvalue weighted by molar-refractivity contribution is 7.07. The van der Waals surface area contributed by atoms with Crippen LogP contribution in [0.15, 0.2) is 16.8 Å². The summed E-state index contributed by atoms with van der Waals surface area (Å²) in [6, 6.07) is 2.07. The van der Waals surface area contributed by atoms with E-state index < -0.39 is 12.6 Å². The van der Waals surface area contributed by atoms with Gasteiger partial charge in [-0.15, -0.1) is 0 Å². The van der Waals surface area contributed by atoms with Crippen LogP contribution in [-0.4, -0.2) is 19.3 Å². The Morgan fingerprint density at radius 2 is 2.00 bits per heavy atom. The largest absolute Gasteiger partial charge is 0.389 e. The van der Waals surface area contributed by atoms with E-state index in [-0.39, 0.29) is 6.42 Å². The summed E-state index contributed by atoms with van der Waals surface area (Å²) in [7, 11) is 0. The zero-order valence-corrected chi connectivity index (χ0v) is 9.83. The summed E-state index contributed by atoms with van der Waals surface area (Å²) in [5.41, 5.74) is 1.28. The van der Waals surface area contributed by atoms with Crippen LogP contribution >= 0.6 is 11.3 Å². The molecule has 5 heteroatoms. The normalized spacial score (nSPS) is 11.9. The molecule has 1 N–H and O–H groups in total. The van der Waals surface area contributed by atoms with E-state index in [2.05, 4.69) is 16.8 Å². The van der Waals surface area contributed by atoms with Gasteiger partial charge in [-0.05, 0) is 54.7 Å². The van der Waals surface area contributed by atoms with E-state index >= 15 is 0 Å². The van der Waals surface area contributed by atoms with Gasteiger partial charge in [-0.3, -0.25) is 0 Å². The second kappa shape index (κ2) is 6.91. The zero-order chi connectivity index (χ0) is 11.9. The third kappa shape index (κ3) is 6.85. The number of halogens is 3. The minimum atomic E-state index is -4.00. The van der Waals surface area contributed by atoms with Crippen LogP contribution in [0.5, 0.6) is 0 Å². The van der Waals surface area contributed by atoms with Gasteiger partial charge in [-0.25, -0.2) is 0 Å². The first-order valence-electron chi connectivity index (χ1n) is 5.36. The Kier molecular flexibility index (Phi) is 5.84. The van der Waals surface area contributed by atoms with Crippen molar-refractivity contribution >= 4 is 11.3 Å². The lowest BCUT2D eigenvalue weighted by Crippen LogP contribution is -2.19. The molecule has 0 spiro atoms. The van der Waals surface area contributed by atoms with Crippen LogP contribution in [-0.2, 0) is 6.42 Å². The minimum absolute atomic E-state index is 0.217. The molecule has 0 bridgehead atoms. The van der Waals surface area contributed by atoms with Gasteiger partial charge in [0.25, 0.3) is 0 Å². The molecule has 0 amide bonds. The predicted octanol–water partition coefficient (Wildman–Crippen LogP) is 3.61. The summed E-state index contributed by atoms with van der Waals surface area (Å²) in [6.07, 6.45) is -2.92. The SMILES string of the molecule is FC(F)(F)CCCCNCCc1ccsc1. The summed E-state index contributed by atoms with van der Waals surface area (Å²) in [5.74, 6) is 0. The van der Waals surface area contributed by atoms with Crippen molar-refractivity contribution in [1.82, 2.24) is 5.32 Å². The molecule has 1 heterocycles. The van der Waals surface area contributed by atoms with Crippen LogP contribution in [0.1, 0.15) is 24.8 Å². The molecule has 0 aliphatic carbocycles. The standard InChI is InChI=1S/C11H16F3NS/c12-11(13,14)5-1-2-6-15-7-3-10-4-8-16-9-10/h4,8-9,15H,1-3,5-7H2. The number of unbranched alkanes of at least 4 members (excludes halogenated alkanes) is 1. The van der Waals surface area contributed by atoms with Crippen LogP contribution in [0.3, 0.4) is 0 Å². The van der Waals surface area contributed by atoms with Crippen molar-refractivity contribution in [2.45, 2.75) is 31.9 Å². The number of rotatable bonds is 7. The van der Waals surface area contributed by atoms with E-state index in [1.165, 1.54) is 5.56 Å². The minimum Gasteiger partial charge on any atom is -0.316 e. The summed E-state index contributed by atoms with van der Waals surface area (Å²) >= 11 is 1.66. The molecule has 0 unspecified atom stereocenters. The molecule has 0 aliphatic rings. The molecule has 0 fully saturated rings. The first-order valence-corrected chi connectivity index (χ1v) is 6.31. The summed E-state index contributed by atoms with van der Waals surface area (Å²) < 4.78 is 35.4. The molecule has 92 valence electrons. The number of thiophene rings is 1. The van der Waals surface area contributed by atoms with Gasteiger partial charge in [0.15, 0.2) is 0 Å². The highest BCUT2D eigenvalue weighted by atomic mass is 32.1. The first kappa shape index (κ1) is 13.5. The van der Waals surface area contributed by atoms with Crippen LogP contribution < -0.4 is 5.32 Å². The van der Waals surface area contributed by atoms with Gasteiger partial charge in [0, 0.05) is 6.42 Å². The topological polar surface area (TPSA) is 12.0 Å². The van der Waals surface area contributed by atoms with Crippen molar-refractivity contribution in [2.24, 2.45) is 0 Å². The molecule has 1 aromatic rings. The fraction of sp³-hybridized carbons (Fsp3) is 0.636. The van der Waals surface area contributed by atoms with E-state index in [0.717, 1.165) is 13.0 Å². The van der Waals surface area contributed by atoms with E-state index in [4.69, 9.17) is 0 Å². The van der Waals surface area contributed by atoms with Gasteiger partial charge in [0.05, 0.1) is 0 Å². The van der Waals surface area contributed by atoms with Gasteiger partial charge < -0.3 is 5.32 Å². The lowest BCUT2D eigenvalue weighted by atomic mass is 10.2. The average Bonchev–Trinajstić information content (AvgIpc) is 2.67. The van der Waals surface area contributed by atoms with E-state index in [0.29, 0.717) is 13.0 Å². The Hall–Kier alpha value is -0.550. The predicted molar refractivity (Wildman–Crippen MR) is 60.8 cm³/mol. The van der Waals surface area contributed by atoms with Crippen molar-refractivity contribution in [3.63, 3.8) is 0 Å². The molecule has 1 aromatic heterocycles. The molecule has 0 aliphatic heterocycles. The highest BCUT2D eigenvalue weighted by Gasteiger charge is 2.25. The monoisotopic (exact) mass is 251 g/mol. The fourth-order valence-electron chi connectivity index (χ4n) is 1.37. The smallest absolute Gasteiger partial charge is 0.316 e. The number of alkyl halides is 3. The molecule has 1 rings (SSSR count). The van der Waals surface area contributed by atoms with Crippen LogP contribution in [0.25, 0.3) is 0 Å². The van der Waals surface area contributed by atoms with Crippen molar-refractivity contribution < 1.29 is 13.2 Å². The maximum absolute atomic E-state index is 11.8.